The zero-order valence-electron chi connectivity index (χ0n) is 9.16. The van der Waals surface area contributed by atoms with Crippen molar-refractivity contribution in [1.29, 1.82) is 0 Å². The Labute approximate surface area is 93.8 Å². The molecule has 86 valence electrons. The zero-order chi connectivity index (χ0) is 11.7. The van der Waals surface area contributed by atoms with E-state index in [9.17, 15) is 9.18 Å². The maximum Gasteiger partial charge on any atom is 0.251 e. The van der Waals surface area contributed by atoms with Gasteiger partial charge in [-0.2, -0.15) is 0 Å². The van der Waals surface area contributed by atoms with Crippen LogP contribution >= 0.6 is 0 Å². The van der Waals surface area contributed by atoms with E-state index in [0.29, 0.717) is 6.04 Å². The molecule has 3 nitrogen and oxygen atoms in total. The molecule has 16 heavy (non-hydrogen) atoms. The summed E-state index contributed by atoms with van der Waals surface area (Å²) in [5.41, 5.74) is 5.77. The Kier molecular flexibility index (Phi) is 2.81. The van der Waals surface area contributed by atoms with Crippen LogP contribution in [0.2, 0.25) is 0 Å². The molecule has 0 aromatic heterocycles. The quantitative estimate of drug-likeness (QED) is 0.823. The lowest BCUT2D eigenvalue weighted by Crippen LogP contribution is -2.33. The average molecular weight is 222 g/mol. The number of carbonyl (C=O) groups is 1. The van der Waals surface area contributed by atoms with Gasteiger partial charge in [0.1, 0.15) is 5.82 Å². The van der Waals surface area contributed by atoms with Gasteiger partial charge >= 0.3 is 0 Å². The van der Waals surface area contributed by atoms with Crippen LogP contribution in [0.4, 0.5) is 10.1 Å². The minimum atomic E-state index is -0.733. The van der Waals surface area contributed by atoms with Crippen molar-refractivity contribution >= 4 is 11.6 Å². The number of carbonyl (C=O) groups excluding carboxylic acids is 1. The van der Waals surface area contributed by atoms with E-state index in [2.05, 4.69) is 12.2 Å². The molecule has 0 saturated heterocycles. The number of nitrogens with two attached hydrogens (primary N) is 1. The van der Waals surface area contributed by atoms with Gasteiger partial charge in [-0.25, -0.2) is 4.39 Å². The molecule has 0 atom stereocenters. The smallest absolute Gasteiger partial charge is 0.251 e. The second kappa shape index (κ2) is 4.12. The number of primary amides is 1. The second-order valence-electron chi connectivity index (χ2n) is 4.48. The Morgan fingerprint density at radius 2 is 2.19 bits per heavy atom. The van der Waals surface area contributed by atoms with Crippen molar-refractivity contribution in [3.8, 4) is 0 Å². The zero-order valence-corrected chi connectivity index (χ0v) is 9.16. The third-order valence-corrected chi connectivity index (χ3v) is 2.98. The number of nitrogens with one attached hydrogen (secondary N) is 1. The first-order chi connectivity index (χ1) is 7.56. The maximum atomic E-state index is 13.2. The molecule has 1 aromatic carbocycles. The van der Waals surface area contributed by atoms with Gasteiger partial charge in [-0.05, 0) is 37.0 Å². The molecule has 1 aliphatic rings. The molecule has 0 bridgehead atoms. The molecule has 1 saturated carbocycles. The molecule has 0 heterocycles. The summed E-state index contributed by atoms with van der Waals surface area (Å²) >= 11 is 0. The largest absolute Gasteiger partial charge is 0.382 e. The van der Waals surface area contributed by atoms with E-state index in [4.69, 9.17) is 5.73 Å². The second-order valence-corrected chi connectivity index (χ2v) is 4.48. The summed E-state index contributed by atoms with van der Waals surface area (Å²) in [6.07, 6.45) is 2.23. The topological polar surface area (TPSA) is 55.1 Å². The van der Waals surface area contributed by atoms with Crippen molar-refractivity contribution in [1.82, 2.24) is 0 Å². The highest BCUT2D eigenvalue weighted by atomic mass is 19.1. The highest BCUT2D eigenvalue weighted by Crippen LogP contribution is 2.29. The van der Waals surface area contributed by atoms with E-state index in [-0.39, 0.29) is 5.56 Å². The van der Waals surface area contributed by atoms with Crippen LogP contribution in [0.5, 0.6) is 0 Å². The third kappa shape index (κ3) is 2.15. The number of hydrogen-bond donors (Lipinski definition) is 2. The van der Waals surface area contributed by atoms with E-state index >= 15 is 0 Å². The SMILES string of the molecule is CC1CC(Nc2ccc(F)c(C(N)=O)c2)C1. The minimum absolute atomic E-state index is 0.0580. The fraction of sp³-hybridized carbons (Fsp3) is 0.417. The first-order valence-corrected chi connectivity index (χ1v) is 5.42. The van der Waals surface area contributed by atoms with Gasteiger partial charge in [0, 0.05) is 11.7 Å². The molecule has 1 amide bonds. The predicted molar refractivity (Wildman–Crippen MR) is 60.7 cm³/mol. The summed E-state index contributed by atoms with van der Waals surface area (Å²) in [6, 6.07) is 4.80. The van der Waals surface area contributed by atoms with Crippen molar-refractivity contribution in [2.75, 3.05) is 5.32 Å². The Balaban J connectivity index is 2.10. The van der Waals surface area contributed by atoms with Gasteiger partial charge < -0.3 is 11.1 Å². The lowest BCUT2D eigenvalue weighted by molar-refractivity contribution is 0.0996. The van der Waals surface area contributed by atoms with Gasteiger partial charge in [0.25, 0.3) is 5.91 Å². The molecule has 0 unspecified atom stereocenters. The van der Waals surface area contributed by atoms with Crippen LogP contribution in [0.25, 0.3) is 0 Å². The molecule has 0 radical (unpaired) electrons. The summed E-state index contributed by atoms with van der Waals surface area (Å²) in [6.45, 7) is 2.19. The number of amides is 1. The van der Waals surface area contributed by atoms with Gasteiger partial charge in [-0.15, -0.1) is 0 Å². The Hall–Kier alpha value is -1.58. The first kappa shape index (κ1) is 10.9. The average Bonchev–Trinajstić information content (AvgIpc) is 2.18. The van der Waals surface area contributed by atoms with Crippen LogP contribution in [0.15, 0.2) is 18.2 Å². The summed E-state index contributed by atoms with van der Waals surface area (Å²) < 4.78 is 13.2. The lowest BCUT2D eigenvalue weighted by Gasteiger charge is -2.34. The van der Waals surface area contributed by atoms with Gasteiger partial charge in [0.05, 0.1) is 5.56 Å². The van der Waals surface area contributed by atoms with Crippen LogP contribution in [0.3, 0.4) is 0 Å². The van der Waals surface area contributed by atoms with Gasteiger partial charge in [-0.3, -0.25) is 4.79 Å². The van der Waals surface area contributed by atoms with E-state index in [0.717, 1.165) is 24.4 Å². The van der Waals surface area contributed by atoms with Crippen molar-refractivity contribution in [2.24, 2.45) is 11.7 Å². The summed E-state index contributed by atoms with van der Waals surface area (Å²) in [7, 11) is 0. The fourth-order valence-corrected chi connectivity index (χ4v) is 2.06. The van der Waals surface area contributed by atoms with Crippen LogP contribution in [-0.4, -0.2) is 11.9 Å². The van der Waals surface area contributed by atoms with Crippen LogP contribution in [-0.2, 0) is 0 Å². The van der Waals surface area contributed by atoms with Crippen LogP contribution < -0.4 is 11.1 Å². The molecule has 4 heteroatoms. The fourth-order valence-electron chi connectivity index (χ4n) is 2.06. The lowest BCUT2D eigenvalue weighted by atomic mass is 9.82. The van der Waals surface area contributed by atoms with Crippen LogP contribution in [0.1, 0.15) is 30.1 Å². The van der Waals surface area contributed by atoms with E-state index in [1.54, 1.807) is 6.07 Å². The summed E-state index contributed by atoms with van der Waals surface area (Å²) in [5.74, 6) is -0.559. The number of halogens is 1. The van der Waals surface area contributed by atoms with Crippen molar-refractivity contribution in [3.63, 3.8) is 0 Å². The maximum absolute atomic E-state index is 13.2. The van der Waals surface area contributed by atoms with Gasteiger partial charge in [0.15, 0.2) is 0 Å². The van der Waals surface area contributed by atoms with Gasteiger partial charge in [-0.1, -0.05) is 6.92 Å². The molecule has 1 aromatic rings. The number of anilines is 1. The summed E-state index contributed by atoms with van der Waals surface area (Å²) in [5, 5.41) is 3.26. The van der Waals surface area contributed by atoms with E-state index in [1.165, 1.54) is 12.1 Å². The van der Waals surface area contributed by atoms with Crippen LogP contribution in [0, 0.1) is 11.7 Å². The number of benzene rings is 1. The highest BCUT2D eigenvalue weighted by Gasteiger charge is 2.25. The predicted octanol–water partition coefficient (Wildman–Crippen LogP) is 2.13. The number of rotatable bonds is 3. The monoisotopic (exact) mass is 222 g/mol. The Morgan fingerprint density at radius 1 is 1.50 bits per heavy atom. The Bertz CT molecular complexity index is 413. The molecule has 1 fully saturated rings. The van der Waals surface area contributed by atoms with Crippen molar-refractivity contribution in [3.05, 3.63) is 29.6 Å². The first-order valence-electron chi connectivity index (χ1n) is 5.42. The Morgan fingerprint density at radius 3 is 2.75 bits per heavy atom. The summed E-state index contributed by atoms with van der Waals surface area (Å²) in [4.78, 5) is 10.9. The molecule has 0 aliphatic heterocycles. The van der Waals surface area contributed by atoms with E-state index in [1.807, 2.05) is 0 Å². The standard InChI is InChI=1S/C12H15FN2O/c1-7-4-9(5-7)15-8-2-3-11(13)10(6-8)12(14)16/h2-3,6-7,9,15H,4-5H2,1H3,(H2,14,16). The van der Waals surface area contributed by atoms with Crippen molar-refractivity contribution in [2.45, 2.75) is 25.8 Å². The normalized spacial score (nSPS) is 23.6. The van der Waals surface area contributed by atoms with Gasteiger partial charge in [0.2, 0.25) is 0 Å². The minimum Gasteiger partial charge on any atom is -0.382 e. The highest BCUT2D eigenvalue weighted by molar-refractivity contribution is 5.94. The number of hydrogen-bond acceptors (Lipinski definition) is 2. The molecular weight excluding hydrogens is 207 g/mol. The molecule has 0 spiro atoms. The molecular formula is C12H15FN2O. The van der Waals surface area contributed by atoms with Crippen molar-refractivity contribution < 1.29 is 9.18 Å². The molecule has 1 aliphatic carbocycles. The molecule has 2 rings (SSSR count). The third-order valence-electron chi connectivity index (χ3n) is 2.98. The molecule has 3 N–H and O–H groups in total. The van der Waals surface area contributed by atoms with E-state index < -0.39 is 11.7 Å².